The number of carbonyl (C=O) groups excluding carboxylic acids is 1. The van der Waals surface area contributed by atoms with Crippen molar-refractivity contribution in [1.29, 1.82) is 0 Å². The van der Waals surface area contributed by atoms with Crippen molar-refractivity contribution < 1.29 is 13.9 Å². The molecule has 20 heavy (non-hydrogen) atoms. The fraction of sp³-hybridized carbons (Fsp3) is 0.0769. The minimum Gasteiger partial charge on any atom is -0.469 e. The van der Waals surface area contributed by atoms with Gasteiger partial charge in [-0.25, -0.2) is 9.48 Å². The first-order valence-electron chi connectivity index (χ1n) is 5.84. The Hall–Kier alpha value is -2.96. The Balaban J connectivity index is 1.76. The lowest BCUT2D eigenvalue weighted by atomic mass is 10.2. The zero-order valence-electron chi connectivity index (χ0n) is 10.6. The largest absolute Gasteiger partial charge is 0.469 e. The third kappa shape index (κ3) is 2.28. The molecule has 2 heterocycles. The summed E-state index contributed by atoms with van der Waals surface area (Å²) < 4.78 is 11.8. The average molecular weight is 270 g/mol. The van der Waals surface area contributed by atoms with Crippen molar-refractivity contribution in [3.05, 3.63) is 54.2 Å². The van der Waals surface area contributed by atoms with E-state index in [2.05, 4.69) is 15.5 Å². The van der Waals surface area contributed by atoms with Gasteiger partial charge in [-0.05, 0) is 47.7 Å². The molecule has 0 saturated heterocycles. The molecule has 7 heteroatoms. The Morgan fingerprint density at radius 2 is 2.05 bits per heavy atom. The summed E-state index contributed by atoms with van der Waals surface area (Å²) in [6.45, 7) is 1.71. The van der Waals surface area contributed by atoms with Crippen LogP contribution in [0.25, 0.3) is 5.69 Å². The van der Waals surface area contributed by atoms with E-state index in [9.17, 15) is 4.79 Å². The molecule has 3 aromatic rings. The van der Waals surface area contributed by atoms with Crippen LogP contribution in [0.1, 0.15) is 16.1 Å². The van der Waals surface area contributed by atoms with Gasteiger partial charge >= 0.3 is 5.97 Å². The van der Waals surface area contributed by atoms with Crippen molar-refractivity contribution in [2.45, 2.75) is 6.92 Å². The Kier molecular flexibility index (Phi) is 3.00. The van der Waals surface area contributed by atoms with Gasteiger partial charge in [-0.1, -0.05) is 0 Å². The molecule has 1 aromatic carbocycles. The summed E-state index contributed by atoms with van der Waals surface area (Å²) in [6, 6.07) is 8.42. The number of hydrogen-bond acceptors (Lipinski definition) is 6. The number of furan rings is 1. The number of ether oxygens (including phenoxy) is 1. The van der Waals surface area contributed by atoms with E-state index in [0.717, 1.165) is 5.69 Å². The first-order valence-corrected chi connectivity index (χ1v) is 5.84. The van der Waals surface area contributed by atoms with Crippen molar-refractivity contribution >= 4 is 5.97 Å². The van der Waals surface area contributed by atoms with Gasteiger partial charge in [-0.3, -0.25) is 0 Å². The van der Waals surface area contributed by atoms with Crippen LogP contribution in [0.15, 0.2) is 47.3 Å². The molecule has 0 fully saturated rings. The van der Waals surface area contributed by atoms with E-state index in [1.807, 2.05) is 0 Å². The van der Waals surface area contributed by atoms with Crippen LogP contribution < -0.4 is 4.74 Å². The fourth-order valence-electron chi connectivity index (χ4n) is 1.71. The van der Waals surface area contributed by atoms with Crippen LogP contribution in [-0.2, 0) is 0 Å². The molecule has 0 saturated carbocycles. The first-order chi connectivity index (χ1) is 9.74. The minimum atomic E-state index is -0.452. The lowest BCUT2D eigenvalue weighted by molar-refractivity contribution is 0.0733. The maximum Gasteiger partial charge on any atom is 0.347 e. The molecule has 0 atom stereocenters. The van der Waals surface area contributed by atoms with Crippen LogP contribution in [0.3, 0.4) is 0 Å². The minimum absolute atomic E-state index is 0.412. The van der Waals surface area contributed by atoms with E-state index in [-0.39, 0.29) is 0 Å². The van der Waals surface area contributed by atoms with Crippen molar-refractivity contribution in [1.82, 2.24) is 20.2 Å². The van der Waals surface area contributed by atoms with Crippen LogP contribution in [-0.4, -0.2) is 26.2 Å². The number of esters is 1. The molecule has 0 spiro atoms. The van der Waals surface area contributed by atoms with Crippen LogP contribution in [0.5, 0.6) is 5.75 Å². The van der Waals surface area contributed by atoms with Crippen LogP contribution in [0.4, 0.5) is 0 Å². The number of nitrogens with zero attached hydrogens (tertiary/aromatic N) is 4. The van der Waals surface area contributed by atoms with Gasteiger partial charge in [0.25, 0.3) is 0 Å². The molecule has 0 aliphatic rings. The zero-order valence-corrected chi connectivity index (χ0v) is 10.6. The normalized spacial score (nSPS) is 10.4. The van der Waals surface area contributed by atoms with Crippen LogP contribution in [0.2, 0.25) is 0 Å². The van der Waals surface area contributed by atoms with E-state index in [0.29, 0.717) is 17.1 Å². The maximum atomic E-state index is 11.9. The van der Waals surface area contributed by atoms with Gasteiger partial charge in [0.05, 0.1) is 12.0 Å². The first kappa shape index (κ1) is 12.1. The van der Waals surface area contributed by atoms with E-state index in [1.54, 1.807) is 37.3 Å². The van der Waals surface area contributed by atoms with E-state index in [1.165, 1.54) is 17.3 Å². The highest BCUT2D eigenvalue weighted by Gasteiger charge is 2.13. The number of aryl methyl sites for hydroxylation is 1. The number of tetrazole rings is 1. The lowest BCUT2D eigenvalue weighted by Gasteiger charge is -2.04. The SMILES string of the molecule is Cc1occc1C(=O)Oc1ccc(-n2cnnn2)cc1. The van der Waals surface area contributed by atoms with E-state index < -0.39 is 5.97 Å². The predicted molar refractivity (Wildman–Crippen MR) is 67.6 cm³/mol. The second kappa shape index (κ2) is 4.96. The molecule has 0 aliphatic heterocycles. The molecule has 0 radical (unpaired) electrons. The highest BCUT2D eigenvalue weighted by Crippen LogP contribution is 2.17. The monoisotopic (exact) mass is 270 g/mol. The summed E-state index contributed by atoms with van der Waals surface area (Å²) >= 11 is 0. The second-order valence-electron chi connectivity index (χ2n) is 4.03. The summed E-state index contributed by atoms with van der Waals surface area (Å²) in [5, 5.41) is 10.9. The maximum absolute atomic E-state index is 11.9. The van der Waals surface area contributed by atoms with Gasteiger partial charge in [-0.15, -0.1) is 5.10 Å². The molecule has 0 unspecified atom stereocenters. The quantitative estimate of drug-likeness (QED) is 0.533. The average Bonchev–Trinajstić information content (AvgIpc) is 3.10. The highest BCUT2D eigenvalue weighted by atomic mass is 16.5. The molecule has 100 valence electrons. The van der Waals surface area contributed by atoms with Crippen LogP contribution >= 0.6 is 0 Å². The van der Waals surface area contributed by atoms with Gasteiger partial charge in [0, 0.05) is 0 Å². The number of benzene rings is 1. The van der Waals surface area contributed by atoms with Gasteiger partial charge in [0.15, 0.2) is 0 Å². The van der Waals surface area contributed by atoms with Gasteiger partial charge in [-0.2, -0.15) is 0 Å². The van der Waals surface area contributed by atoms with Crippen molar-refractivity contribution in [2.75, 3.05) is 0 Å². The smallest absolute Gasteiger partial charge is 0.347 e. The molecule has 0 aliphatic carbocycles. The molecule has 2 aromatic heterocycles. The molecule has 0 N–H and O–H groups in total. The fourth-order valence-corrected chi connectivity index (χ4v) is 1.71. The number of hydrogen-bond donors (Lipinski definition) is 0. The second-order valence-corrected chi connectivity index (χ2v) is 4.03. The molecule has 3 rings (SSSR count). The number of rotatable bonds is 3. The van der Waals surface area contributed by atoms with Crippen molar-refractivity contribution in [3.63, 3.8) is 0 Å². The van der Waals surface area contributed by atoms with Gasteiger partial charge < -0.3 is 9.15 Å². The summed E-state index contributed by atoms with van der Waals surface area (Å²) in [6.07, 6.45) is 2.93. The van der Waals surface area contributed by atoms with E-state index in [4.69, 9.17) is 9.15 Å². The zero-order chi connectivity index (χ0) is 13.9. The van der Waals surface area contributed by atoms with Crippen LogP contribution in [0, 0.1) is 6.92 Å². The Labute approximate surface area is 113 Å². The number of aromatic nitrogens is 4. The topological polar surface area (TPSA) is 83.0 Å². The van der Waals surface area contributed by atoms with E-state index >= 15 is 0 Å². The third-order valence-electron chi connectivity index (χ3n) is 2.74. The highest BCUT2D eigenvalue weighted by molar-refractivity contribution is 5.91. The summed E-state index contributed by atoms with van der Waals surface area (Å²) in [5.74, 6) is 0.513. The van der Waals surface area contributed by atoms with Gasteiger partial charge in [0.2, 0.25) is 0 Å². The summed E-state index contributed by atoms with van der Waals surface area (Å²) in [4.78, 5) is 11.9. The van der Waals surface area contributed by atoms with Crippen molar-refractivity contribution in [3.8, 4) is 11.4 Å². The lowest BCUT2D eigenvalue weighted by Crippen LogP contribution is -2.08. The standard InChI is InChI=1S/C13H10N4O3/c1-9-12(6-7-19-9)13(18)20-11-4-2-10(3-5-11)17-8-14-15-16-17/h2-8H,1H3. The van der Waals surface area contributed by atoms with Gasteiger partial charge in [0.1, 0.15) is 23.4 Å². The Bertz CT molecular complexity index is 716. The van der Waals surface area contributed by atoms with Crippen molar-refractivity contribution in [2.24, 2.45) is 0 Å². The summed E-state index contributed by atoms with van der Waals surface area (Å²) in [7, 11) is 0. The molecule has 0 amide bonds. The Morgan fingerprint density at radius 1 is 1.25 bits per heavy atom. The molecular weight excluding hydrogens is 260 g/mol. The Morgan fingerprint density at radius 3 is 2.65 bits per heavy atom. The molecule has 7 nitrogen and oxygen atoms in total. The molecule has 0 bridgehead atoms. The molecular formula is C13H10N4O3. The predicted octanol–water partition coefficient (Wildman–Crippen LogP) is 1.78. The number of carbonyl (C=O) groups is 1. The summed E-state index contributed by atoms with van der Waals surface area (Å²) in [5.41, 5.74) is 1.18. The third-order valence-corrected chi connectivity index (χ3v) is 2.74.